The maximum atomic E-state index is 12.2. The van der Waals surface area contributed by atoms with Gasteiger partial charge in [0.1, 0.15) is 5.75 Å². The van der Waals surface area contributed by atoms with Gasteiger partial charge in [-0.3, -0.25) is 9.59 Å². The van der Waals surface area contributed by atoms with Gasteiger partial charge < -0.3 is 10.5 Å². The van der Waals surface area contributed by atoms with Crippen LogP contribution in [0.25, 0.3) is 6.08 Å². The van der Waals surface area contributed by atoms with Crippen molar-refractivity contribution in [1.29, 1.82) is 0 Å². The van der Waals surface area contributed by atoms with Crippen LogP contribution >= 0.6 is 0 Å². The fourth-order valence-corrected chi connectivity index (χ4v) is 2.13. The van der Waals surface area contributed by atoms with Gasteiger partial charge in [0.25, 0.3) is 5.91 Å². The first-order chi connectivity index (χ1) is 11.5. The van der Waals surface area contributed by atoms with Crippen LogP contribution in [0.5, 0.6) is 5.75 Å². The van der Waals surface area contributed by atoms with Gasteiger partial charge in [0.15, 0.2) is 12.4 Å². The van der Waals surface area contributed by atoms with E-state index in [1.165, 1.54) is 5.56 Å². The van der Waals surface area contributed by atoms with Gasteiger partial charge in [-0.1, -0.05) is 44.2 Å². The molecule has 0 saturated carbocycles. The standard InChI is InChI=1S/C20H21NO3/c1-14(2)16-6-3-15(4-7-16)5-12-19(22)17-8-10-18(11-9-17)24-13-20(21)23/h3-12,14H,13H2,1-2H3,(H2,21,23)/b12-5+. The lowest BCUT2D eigenvalue weighted by atomic mass is 10.0. The SMILES string of the molecule is CC(C)c1ccc(/C=C/C(=O)c2ccc(OCC(N)=O)cc2)cc1. The van der Waals surface area contributed by atoms with Crippen LogP contribution < -0.4 is 10.5 Å². The van der Waals surface area contributed by atoms with Gasteiger partial charge >= 0.3 is 0 Å². The maximum absolute atomic E-state index is 12.2. The zero-order valence-corrected chi connectivity index (χ0v) is 13.9. The van der Waals surface area contributed by atoms with Crippen molar-refractivity contribution in [3.8, 4) is 5.75 Å². The predicted molar refractivity (Wildman–Crippen MR) is 95.0 cm³/mol. The smallest absolute Gasteiger partial charge is 0.255 e. The Morgan fingerprint density at radius 3 is 2.21 bits per heavy atom. The summed E-state index contributed by atoms with van der Waals surface area (Å²) >= 11 is 0. The molecule has 2 N–H and O–H groups in total. The third kappa shape index (κ3) is 5.09. The zero-order valence-electron chi connectivity index (χ0n) is 13.9. The van der Waals surface area contributed by atoms with Crippen LogP contribution in [0.4, 0.5) is 0 Å². The number of ketones is 1. The molecule has 4 heteroatoms. The largest absolute Gasteiger partial charge is 0.484 e. The lowest BCUT2D eigenvalue weighted by Gasteiger charge is -2.05. The van der Waals surface area contributed by atoms with Crippen molar-refractivity contribution in [3.63, 3.8) is 0 Å². The molecule has 0 unspecified atom stereocenters. The Bertz CT molecular complexity index is 728. The first kappa shape index (κ1) is 17.5. The average molecular weight is 323 g/mol. The number of ether oxygens (including phenoxy) is 1. The van der Waals surface area contributed by atoms with Crippen molar-refractivity contribution >= 4 is 17.8 Å². The molecule has 24 heavy (non-hydrogen) atoms. The number of hydrogen-bond donors (Lipinski definition) is 1. The summed E-state index contributed by atoms with van der Waals surface area (Å²) < 4.78 is 5.16. The molecule has 0 saturated heterocycles. The molecule has 4 nitrogen and oxygen atoms in total. The number of rotatable bonds is 7. The zero-order chi connectivity index (χ0) is 17.5. The topological polar surface area (TPSA) is 69.4 Å². The minimum atomic E-state index is -0.540. The first-order valence-corrected chi connectivity index (χ1v) is 7.79. The van der Waals surface area contributed by atoms with Crippen molar-refractivity contribution in [1.82, 2.24) is 0 Å². The fourth-order valence-electron chi connectivity index (χ4n) is 2.13. The van der Waals surface area contributed by atoms with Crippen LogP contribution in [0.1, 0.15) is 41.3 Å². The van der Waals surface area contributed by atoms with E-state index in [4.69, 9.17) is 10.5 Å². The van der Waals surface area contributed by atoms with Crippen molar-refractivity contribution in [2.24, 2.45) is 5.73 Å². The molecule has 0 heterocycles. The average Bonchev–Trinajstić information content (AvgIpc) is 2.58. The van der Waals surface area contributed by atoms with E-state index in [0.717, 1.165) is 5.56 Å². The molecule has 2 rings (SSSR count). The van der Waals surface area contributed by atoms with E-state index in [-0.39, 0.29) is 12.4 Å². The number of carbonyl (C=O) groups excluding carboxylic acids is 2. The summed E-state index contributed by atoms with van der Waals surface area (Å²) in [5, 5.41) is 0. The lowest BCUT2D eigenvalue weighted by molar-refractivity contribution is -0.119. The van der Waals surface area contributed by atoms with Crippen molar-refractivity contribution in [2.45, 2.75) is 19.8 Å². The van der Waals surface area contributed by atoms with E-state index in [1.807, 2.05) is 12.1 Å². The minimum absolute atomic E-state index is 0.0932. The molecule has 2 aromatic carbocycles. The second-order valence-corrected chi connectivity index (χ2v) is 5.80. The molecule has 0 fully saturated rings. The summed E-state index contributed by atoms with van der Waals surface area (Å²) in [7, 11) is 0. The lowest BCUT2D eigenvalue weighted by Crippen LogP contribution is -2.19. The molecule has 0 atom stereocenters. The predicted octanol–water partition coefficient (Wildman–Crippen LogP) is 3.57. The summed E-state index contributed by atoms with van der Waals surface area (Å²) in [6.45, 7) is 4.11. The number of primary amides is 1. The third-order valence-electron chi connectivity index (χ3n) is 3.55. The van der Waals surface area contributed by atoms with Gasteiger partial charge in [-0.15, -0.1) is 0 Å². The Morgan fingerprint density at radius 2 is 1.67 bits per heavy atom. The molecule has 0 spiro atoms. The minimum Gasteiger partial charge on any atom is -0.484 e. The Kier molecular flexibility index (Phi) is 5.90. The monoisotopic (exact) mass is 323 g/mol. The molecule has 0 aliphatic heterocycles. The Labute approximate surface area is 141 Å². The number of amides is 1. The Morgan fingerprint density at radius 1 is 1.04 bits per heavy atom. The normalized spacial score (nSPS) is 11.0. The number of allylic oxidation sites excluding steroid dienone is 1. The van der Waals surface area contributed by atoms with Gasteiger partial charge in [-0.2, -0.15) is 0 Å². The third-order valence-corrected chi connectivity index (χ3v) is 3.55. The Balaban J connectivity index is 1.99. The van der Waals surface area contributed by atoms with Crippen LogP contribution in [0.15, 0.2) is 54.6 Å². The quantitative estimate of drug-likeness (QED) is 0.625. The molecule has 0 aliphatic carbocycles. The molecule has 1 amide bonds. The molecule has 0 bridgehead atoms. The number of carbonyl (C=O) groups is 2. The summed E-state index contributed by atoms with van der Waals surface area (Å²) in [6, 6.07) is 14.7. The molecule has 124 valence electrons. The molecular formula is C20H21NO3. The molecule has 0 aromatic heterocycles. The van der Waals surface area contributed by atoms with Crippen LogP contribution in [-0.4, -0.2) is 18.3 Å². The molecule has 2 aromatic rings. The van der Waals surface area contributed by atoms with Crippen molar-refractivity contribution in [2.75, 3.05) is 6.61 Å². The summed E-state index contributed by atoms with van der Waals surface area (Å²) in [5.74, 6) is 0.351. The highest BCUT2D eigenvalue weighted by molar-refractivity contribution is 6.06. The molecular weight excluding hydrogens is 302 g/mol. The van der Waals surface area contributed by atoms with Gasteiger partial charge in [0, 0.05) is 5.56 Å². The van der Waals surface area contributed by atoms with Crippen molar-refractivity contribution < 1.29 is 14.3 Å². The van der Waals surface area contributed by atoms with E-state index in [2.05, 4.69) is 26.0 Å². The second-order valence-electron chi connectivity index (χ2n) is 5.80. The summed E-state index contributed by atoms with van der Waals surface area (Å²) in [5.41, 5.74) is 7.81. The number of nitrogens with two attached hydrogens (primary N) is 1. The van der Waals surface area contributed by atoms with E-state index in [9.17, 15) is 9.59 Å². The maximum Gasteiger partial charge on any atom is 0.255 e. The van der Waals surface area contributed by atoms with Crippen LogP contribution in [0, 0.1) is 0 Å². The van der Waals surface area contributed by atoms with Crippen LogP contribution in [0.3, 0.4) is 0 Å². The highest BCUT2D eigenvalue weighted by atomic mass is 16.5. The van der Waals surface area contributed by atoms with Gasteiger partial charge in [-0.05, 0) is 47.4 Å². The van der Waals surface area contributed by atoms with E-state index in [1.54, 1.807) is 36.4 Å². The van der Waals surface area contributed by atoms with Gasteiger partial charge in [0.2, 0.25) is 0 Å². The first-order valence-electron chi connectivity index (χ1n) is 7.79. The number of benzene rings is 2. The molecule has 0 aliphatic rings. The van der Waals surface area contributed by atoms with Gasteiger partial charge in [-0.25, -0.2) is 0 Å². The van der Waals surface area contributed by atoms with Crippen molar-refractivity contribution in [3.05, 3.63) is 71.3 Å². The van der Waals surface area contributed by atoms with E-state index in [0.29, 0.717) is 17.2 Å². The number of hydrogen-bond acceptors (Lipinski definition) is 3. The highest BCUT2D eigenvalue weighted by Gasteiger charge is 2.03. The fraction of sp³-hybridized carbons (Fsp3) is 0.200. The second kappa shape index (κ2) is 8.11. The Hall–Kier alpha value is -2.88. The van der Waals surface area contributed by atoms with Crippen LogP contribution in [0.2, 0.25) is 0 Å². The highest BCUT2D eigenvalue weighted by Crippen LogP contribution is 2.16. The van der Waals surface area contributed by atoms with Crippen LogP contribution in [-0.2, 0) is 4.79 Å². The summed E-state index contributed by atoms with van der Waals surface area (Å²) in [4.78, 5) is 22.8. The summed E-state index contributed by atoms with van der Waals surface area (Å²) in [6.07, 6.45) is 3.34. The van der Waals surface area contributed by atoms with E-state index < -0.39 is 5.91 Å². The molecule has 0 radical (unpaired) electrons. The van der Waals surface area contributed by atoms with E-state index >= 15 is 0 Å². The van der Waals surface area contributed by atoms with Gasteiger partial charge in [0.05, 0.1) is 0 Å².